The molecule has 3 aromatic rings. The monoisotopic (exact) mass is 393 g/mol. The average molecular weight is 393 g/mol. The summed E-state index contributed by atoms with van der Waals surface area (Å²) < 4.78 is 17.0. The summed E-state index contributed by atoms with van der Waals surface area (Å²) in [6, 6.07) is 19.9. The van der Waals surface area contributed by atoms with Crippen LogP contribution in [0.5, 0.6) is 0 Å². The number of rotatable bonds is 7. The van der Waals surface area contributed by atoms with Gasteiger partial charge < -0.3 is 9.47 Å². The van der Waals surface area contributed by atoms with E-state index in [9.17, 15) is 4.79 Å². The lowest BCUT2D eigenvalue weighted by Gasteiger charge is -2.30. The number of amides is 1. The highest BCUT2D eigenvalue weighted by atomic mass is 19.1. The minimum Gasteiger partial charge on any atom is -0.331 e. The standard InChI is InChI=1S/C22H24FN5O/c23-20(22(29)27-11-12-28-17-24-25-21(28)16-27)15-26(13-18-7-3-1-4-8-18)14-19-9-5-2-6-10-19/h1-10,17,20H,11-16H2/t20-/m0/s1. The van der Waals surface area contributed by atoms with Crippen LogP contribution in [0.1, 0.15) is 17.0 Å². The second kappa shape index (κ2) is 8.96. The smallest absolute Gasteiger partial charge is 0.258 e. The molecule has 0 fully saturated rings. The summed E-state index contributed by atoms with van der Waals surface area (Å²) in [5, 5.41) is 7.87. The molecule has 0 bridgehead atoms. The zero-order valence-electron chi connectivity index (χ0n) is 16.2. The molecule has 1 amide bonds. The molecule has 150 valence electrons. The Balaban J connectivity index is 1.43. The largest absolute Gasteiger partial charge is 0.331 e. The van der Waals surface area contributed by atoms with Crippen LogP contribution < -0.4 is 0 Å². The number of hydrogen-bond acceptors (Lipinski definition) is 4. The summed E-state index contributed by atoms with van der Waals surface area (Å²) in [5.74, 6) is 0.215. The summed E-state index contributed by atoms with van der Waals surface area (Å²) in [6.07, 6.45) is 0.0582. The topological polar surface area (TPSA) is 54.3 Å². The molecule has 6 nitrogen and oxygen atoms in total. The van der Waals surface area contributed by atoms with Crippen LogP contribution in [0.15, 0.2) is 67.0 Å². The molecule has 29 heavy (non-hydrogen) atoms. The highest BCUT2D eigenvalue weighted by Crippen LogP contribution is 2.15. The molecular formula is C22H24FN5O. The molecule has 2 aromatic carbocycles. The van der Waals surface area contributed by atoms with Gasteiger partial charge in [0.05, 0.1) is 6.54 Å². The van der Waals surface area contributed by atoms with E-state index in [-0.39, 0.29) is 6.54 Å². The van der Waals surface area contributed by atoms with E-state index in [0.717, 1.165) is 11.1 Å². The van der Waals surface area contributed by atoms with Crippen molar-refractivity contribution in [2.45, 2.75) is 32.4 Å². The van der Waals surface area contributed by atoms with Gasteiger partial charge in [0, 0.05) is 32.7 Å². The van der Waals surface area contributed by atoms with Gasteiger partial charge in [-0.15, -0.1) is 10.2 Å². The molecule has 0 N–H and O–H groups in total. The number of aromatic nitrogens is 3. The lowest BCUT2D eigenvalue weighted by Crippen LogP contribution is -2.45. The van der Waals surface area contributed by atoms with Gasteiger partial charge in [0.15, 0.2) is 12.0 Å². The van der Waals surface area contributed by atoms with Crippen molar-refractivity contribution < 1.29 is 9.18 Å². The summed E-state index contributed by atoms with van der Waals surface area (Å²) in [5.41, 5.74) is 2.18. The molecule has 1 aromatic heterocycles. The Kier molecular flexibility index (Phi) is 5.95. The minimum absolute atomic E-state index is 0.0474. The summed E-state index contributed by atoms with van der Waals surface area (Å²) >= 11 is 0. The first kappa shape index (κ1) is 19.3. The Morgan fingerprint density at radius 1 is 1.00 bits per heavy atom. The molecule has 0 aliphatic carbocycles. The zero-order valence-corrected chi connectivity index (χ0v) is 16.2. The van der Waals surface area contributed by atoms with Crippen LogP contribution in [0.3, 0.4) is 0 Å². The number of nitrogens with zero attached hydrogens (tertiary/aromatic N) is 5. The number of benzene rings is 2. The fourth-order valence-corrected chi connectivity index (χ4v) is 3.63. The molecule has 0 radical (unpaired) electrons. The van der Waals surface area contributed by atoms with Crippen molar-refractivity contribution in [3.05, 3.63) is 83.9 Å². The van der Waals surface area contributed by atoms with Gasteiger partial charge >= 0.3 is 0 Å². The van der Waals surface area contributed by atoms with Gasteiger partial charge in [0.25, 0.3) is 5.91 Å². The van der Waals surface area contributed by atoms with E-state index in [0.29, 0.717) is 38.5 Å². The van der Waals surface area contributed by atoms with Crippen molar-refractivity contribution in [3.63, 3.8) is 0 Å². The van der Waals surface area contributed by atoms with Crippen molar-refractivity contribution in [1.82, 2.24) is 24.6 Å². The second-order valence-electron chi connectivity index (χ2n) is 7.31. The third-order valence-electron chi connectivity index (χ3n) is 5.13. The third-order valence-corrected chi connectivity index (χ3v) is 5.13. The first-order valence-electron chi connectivity index (χ1n) is 9.79. The number of hydrogen-bond donors (Lipinski definition) is 0. The van der Waals surface area contributed by atoms with Crippen LogP contribution in [0, 0.1) is 0 Å². The molecule has 1 aliphatic rings. The van der Waals surface area contributed by atoms with Gasteiger partial charge in [0.1, 0.15) is 6.33 Å². The summed E-state index contributed by atoms with van der Waals surface area (Å²) in [6.45, 7) is 2.58. The predicted molar refractivity (Wildman–Crippen MR) is 107 cm³/mol. The van der Waals surface area contributed by atoms with Crippen molar-refractivity contribution in [3.8, 4) is 0 Å². The first-order chi connectivity index (χ1) is 14.2. The first-order valence-corrected chi connectivity index (χ1v) is 9.79. The summed E-state index contributed by atoms with van der Waals surface area (Å²) in [7, 11) is 0. The van der Waals surface area contributed by atoms with Crippen LogP contribution in [0.2, 0.25) is 0 Å². The SMILES string of the molecule is O=C([C@@H](F)CN(Cc1ccccc1)Cc1ccccc1)N1CCn2cnnc2C1. The van der Waals surface area contributed by atoms with Crippen LogP contribution in [0.25, 0.3) is 0 Å². The highest BCUT2D eigenvalue weighted by molar-refractivity contribution is 5.81. The zero-order chi connectivity index (χ0) is 20.1. The van der Waals surface area contributed by atoms with Crippen LogP contribution in [-0.2, 0) is 31.0 Å². The third kappa shape index (κ3) is 4.86. The van der Waals surface area contributed by atoms with E-state index in [1.165, 1.54) is 4.90 Å². The molecule has 0 saturated carbocycles. The average Bonchev–Trinajstić information content (AvgIpc) is 3.22. The van der Waals surface area contributed by atoms with E-state index in [4.69, 9.17) is 0 Å². The number of carbonyl (C=O) groups is 1. The van der Waals surface area contributed by atoms with E-state index >= 15 is 4.39 Å². The molecule has 1 atom stereocenters. The van der Waals surface area contributed by atoms with Crippen molar-refractivity contribution in [2.24, 2.45) is 0 Å². The Morgan fingerprint density at radius 2 is 1.62 bits per heavy atom. The molecule has 4 rings (SSSR count). The van der Waals surface area contributed by atoms with Gasteiger partial charge in [-0.2, -0.15) is 0 Å². The fraction of sp³-hybridized carbons (Fsp3) is 0.318. The highest BCUT2D eigenvalue weighted by Gasteiger charge is 2.29. The Morgan fingerprint density at radius 3 is 2.24 bits per heavy atom. The van der Waals surface area contributed by atoms with Crippen LogP contribution in [0.4, 0.5) is 4.39 Å². The fourth-order valence-electron chi connectivity index (χ4n) is 3.63. The number of carbonyl (C=O) groups excluding carboxylic acids is 1. The lowest BCUT2D eigenvalue weighted by molar-refractivity contribution is -0.139. The van der Waals surface area contributed by atoms with Gasteiger partial charge in [-0.05, 0) is 11.1 Å². The molecule has 0 unspecified atom stereocenters. The molecule has 7 heteroatoms. The lowest BCUT2D eigenvalue weighted by atomic mass is 10.1. The van der Waals surface area contributed by atoms with E-state index < -0.39 is 12.1 Å². The maximum absolute atomic E-state index is 15.1. The Hall–Kier alpha value is -3.06. The quantitative estimate of drug-likeness (QED) is 0.619. The van der Waals surface area contributed by atoms with Gasteiger partial charge in [-0.3, -0.25) is 9.69 Å². The number of halogens is 1. The van der Waals surface area contributed by atoms with Gasteiger partial charge in [-0.1, -0.05) is 60.7 Å². The maximum atomic E-state index is 15.1. The van der Waals surface area contributed by atoms with Gasteiger partial charge in [0.2, 0.25) is 0 Å². The molecular weight excluding hydrogens is 369 g/mol. The van der Waals surface area contributed by atoms with Crippen molar-refractivity contribution in [1.29, 1.82) is 0 Å². The molecule has 0 saturated heterocycles. The Bertz CT molecular complexity index is 889. The molecule has 1 aliphatic heterocycles. The normalized spacial score (nSPS) is 14.6. The predicted octanol–water partition coefficient (Wildman–Crippen LogP) is 2.66. The summed E-state index contributed by atoms with van der Waals surface area (Å²) in [4.78, 5) is 16.3. The molecule has 2 heterocycles. The van der Waals surface area contributed by atoms with Gasteiger partial charge in [-0.25, -0.2) is 4.39 Å². The van der Waals surface area contributed by atoms with E-state index in [1.54, 1.807) is 6.33 Å². The van der Waals surface area contributed by atoms with Crippen LogP contribution >= 0.6 is 0 Å². The maximum Gasteiger partial charge on any atom is 0.258 e. The van der Waals surface area contributed by atoms with Crippen molar-refractivity contribution >= 4 is 5.91 Å². The molecule has 0 spiro atoms. The Labute approximate surface area is 169 Å². The number of fused-ring (bicyclic) bond motifs is 1. The second-order valence-corrected chi connectivity index (χ2v) is 7.31. The van der Waals surface area contributed by atoms with Crippen LogP contribution in [-0.4, -0.2) is 49.7 Å². The van der Waals surface area contributed by atoms with E-state index in [2.05, 4.69) is 10.2 Å². The number of alkyl halides is 1. The van der Waals surface area contributed by atoms with E-state index in [1.807, 2.05) is 70.1 Å². The van der Waals surface area contributed by atoms with Crippen molar-refractivity contribution in [2.75, 3.05) is 13.1 Å². The minimum atomic E-state index is -1.59.